The molecule has 1 saturated carbocycles. The van der Waals surface area contributed by atoms with E-state index < -0.39 is 5.82 Å². The van der Waals surface area contributed by atoms with E-state index in [1.807, 2.05) is 32.3 Å². The van der Waals surface area contributed by atoms with Crippen LogP contribution in [0.1, 0.15) is 31.2 Å². The Kier molecular flexibility index (Phi) is 5.36. The van der Waals surface area contributed by atoms with Crippen LogP contribution in [-0.2, 0) is 11.8 Å². The molecule has 2 N–H and O–H groups in total. The number of aromatic nitrogens is 5. The van der Waals surface area contributed by atoms with Crippen LogP contribution in [0.2, 0.25) is 0 Å². The van der Waals surface area contributed by atoms with Crippen LogP contribution in [0.3, 0.4) is 0 Å². The summed E-state index contributed by atoms with van der Waals surface area (Å²) in [6.45, 7) is 3.19. The standard InChI is InChI=1S/C26H28FN7O/c1-15-7-18(30-24(35)14-34-12-16-3-5-19(34)6-4-16)8-21(27)25(15)22-9-20-23(11-28-22)31-32-26(20)17-10-29-33(2)13-17/h7-11,13,16,19H,3-6,12,14H2,1-2H3,(H,30,35)(H,31,32)/t16-,19+. The van der Waals surface area contributed by atoms with Crippen molar-refractivity contribution in [1.29, 1.82) is 0 Å². The molecule has 0 unspecified atom stereocenters. The van der Waals surface area contributed by atoms with E-state index in [2.05, 4.69) is 30.5 Å². The molecule has 1 aromatic carbocycles. The van der Waals surface area contributed by atoms with Gasteiger partial charge in [0.2, 0.25) is 5.91 Å². The molecule has 35 heavy (non-hydrogen) atoms. The normalized spacial score (nSPS) is 20.0. The zero-order chi connectivity index (χ0) is 24.1. The Balaban J connectivity index is 1.24. The minimum Gasteiger partial charge on any atom is -0.325 e. The Morgan fingerprint density at radius 2 is 2.03 bits per heavy atom. The van der Waals surface area contributed by atoms with Crippen LogP contribution in [0.4, 0.5) is 10.1 Å². The van der Waals surface area contributed by atoms with E-state index in [1.165, 1.54) is 31.7 Å². The van der Waals surface area contributed by atoms with Crippen molar-refractivity contribution in [2.24, 2.45) is 13.0 Å². The predicted molar refractivity (Wildman–Crippen MR) is 132 cm³/mol. The lowest BCUT2D eigenvalue weighted by molar-refractivity contribution is -0.119. The van der Waals surface area contributed by atoms with E-state index in [9.17, 15) is 4.79 Å². The van der Waals surface area contributed by atoms with Crippen LogP contribution in [0.5, 0.6) is 0 Å². The minimum absolute atomic E-state index is 0.0943. The van der Waals surface area contributed by atoms with Gasteiger partial charge in [0.1, 0.15) is 11.5 Å². The number of pyridine rings is 1. The number of aromatic amines is 1. The first kappa shape index (κ1) is 21.9. The van der Waals surface area contributed by atoms with Crippen molar-refractivity contribution in [1.82, 2.24) is 29.9 Å². The van der Waals surface area contributed by atoms with Crippen LogP contribution in [0.15, 0.2) is 36.8 Å². The molecule has 0 radical (unpaired) electrons. The highest BCUT2D eigenvalue weighted by atomic mass is 19.1. The van der Waals surface area contributed by atoms with Gasteiger partial charge in [0.15, 0.2) is 0 Å². The fourth-order valence-electron chi connectivity index (χ4n) is 5.71. The van der Waals surface area contributed by atoms with Crippen molar-refractivity contribution >= 4 is 22.5 Å². The molecule has 3 aromatic heterocycles. The molecule has 2 saturated heterocycles. The van der Waals surface area contributed by atoms with E-state index >= 15 is 4.39 Å². The number of piperidine rings is 2. The molecule has 3 aliphatic rings. The van der Waals surface area contributed by atoms with Gasteiger partial charge in [-0.05, 0) is 62.3 Å². The number of benzene rings is 1. The number of carbonyl (C=O) groups is 1. The molecule has 180 valence electrons. The third kappa shape index (κ3) is 4.10. The summed E-state index contributed by atoms with van der Waals surface area (Å²) < 4.78 is 17.1. The highest BCUT2D eigenvalue weighted by Gasteiger charge is 2.34. The van der Waals surface area contributed by atoms with Crippen molar-refractivity contribution in [3.63, 3.8) is 0 Å². The largest absolute Gasteiger partial charge is 0.325 e. The Hall–Kier alpha value is -3.59. The van der Waals surface area contributed by atoms with Gasteiger partial charge >= 0.3 is 0 Å². The zero-order valence-electron chi connectivity index (χ0n) is 19.9. The second kappa shape index (κ2) is 8.57. The Labute approximate surface area is 202 Å². The van der Waals surface area contributed by atoms with E-state index in [0.29, 0.717) is 41.0 Å². The van der Waals surface area contributed by atoms with Crippen LogP contribution in [0, 0.1) is 18.7 Å². The number of hydrogen-bond donors (Lipinski definition) is 2. The molecule has 4 aromatic rings. The summed E-state index contributed by atoms with van der Waals surface area (Å²) in [5, 5.41) is 15.4. The molecule has 1 aliphatic carbocycles. The van der Waals surface area contributed by atoms with Crippen LogP contribution >= 0.6 is 0 Å². The third-order valence-corrected chi connectivity index (χ3v) is 7.42. The molecule has 0 atom stereocenters. The second-order valence-electron chi connectivity index (χ2n) is 9.89. The Bertz CT molecular complexity index is 1390. The quantitative estimate of drug-likeness (QED) is 0.451. The number of nitrogens with zero attached hydrogens (tertiary/aromatic N) is 5. The number of hydrogen-bond acceptors (Lipinski definition) is 5. The number of aryl methyl sites for hydroxylation is 2. The first-order chi connectivity index (χ1) is 16.9. The molecule has 9 heteroatoms. The maximum atomic E-state index is 15.3. The van der Waals surface area contributed by atoms with E-state index in [1.54, 1.807) is 17.1 Å². The number of fused-ring (bicyclic) bond motifs is 4. The first-order valence-electron chi connectivity index (χ1n) is 12.1. The summed E-state index contributed by atoms with van der Waals surface area (Å²) in [6.07, 6.45) is 10.2. The second-order valence-corrected chi connectivity index (χ2v) is 9.89. The van der Waals surface area contributed by atoms with Crippen molar-refractivity contribution in [2.75, 3.05) is 18.4 Å². The third-order valence-electron chi connectivity index (χ3n) is 7.42. The molecule has 0 spiro atoms. The van der Waals surface area contributed by atoms with Crippen LogP contribution < -0.4 is 5.32 Å². The summed E-state index contributed by atoms with van der Waals surface area (Å²) >= 11 is 0. The van der Waals surface area contributed by atoms with Gasteiger partial charge in [0.05, 0.1) is 30.1 Å². The van der Waals surface area contributed by atoms with Crippen LogP contribution in [-0.4, -0.2) is 54.9 Å². The fraction of sp³-hybridized carbons (Fsp3) is 0.385. The number of nitrogens with one attached hydrogen (secondary N) is 2. The zero-order valence-corrected chi connectivity index (χ0v) is 19.9. The van der Waals surface area contributed by atoms with E-state index in [0.717, 1.165) is 28.7 Å². The molecule has 5 heterocycles. The average Bonchev–Trinajstić information content (AvgIpc) is 3.45. The number of halogens is 1. The minimum atomic E-state index is -0.421. The highest BCUT2D eigenvalue weighted by molar-refractivity contribution is 5.95. The van der Waals surface area contributed by atoms with Gasteiger partial charge in [-0.2, -0.15) is 10.2 Å². The molecule has 2 aliphatic heterocycles. The number of H-pyrrole nitrogens is 1. The lowest BCUT2D eigenvalue weighted by atomic mass is 9.80. The summed E-state index contributed by atoms with van der Waals surface area (Å²) in [7, 11) is 1.85. The fourth-order valence-corrected chi connectivity index (χ4v) is 5.71. The van der Waals surface area contributed by atoms with Gasteiger partial charge < -0.3 is 5.32 Å². The highest BCUT2D eigenvalue weighted by Crippen LogP contribution is 2.35. The van der Waals surface area contributed by atoms with Crippen molar-refractivity contribution < 1.29 is 9.18 Å². The number of rotatable bonds is 5. The molecule has 1 amide bonds. The first-order valence-corrected chi connectivity index (χ1v) is 12.1. The number of anilines is 1. The lowest BCUT2D eigenvalue weighted by Gasteiger charge is -2.44. The number of carbonyl (C=O) groups excluding carboxylic acids is 1. The van der Waals surface area contributed by atoms with Crippen molar-refractivity contribution in [3.05, 3.63) is 48.2 Å². The molecule has 7 rings (SSSR count). The Morgan fingerprint density at radius 1 is 1.20 bits per heavy atom. The summed E-state index contributed by atoms with van der Waals surface area (Å²) in [6, 6.07) is 5.54. The Morgan fingerprint density at radius 3 is 2.71 bits per heavy atom. The van der Waals surface area contributed by atoms with Crippen molar-refractivity contribution in [2.45, 2.75) is 38.6 Å². The maximum absolute atomic E-state index is 15.3. The van der Waals surface area contributed by atoms with Gasteiger partial charge in [-0.15, -0.1) is 0 Å². The maximum Gasteiger partial charge on any atom is 0.238 e. The smallest absolute Gasteiger partial charge is 0.238 e. The molecule has 8 nitrogen and oxygen atoms in total. The number of amides is 1. The monoisotopic (exact) mass is 473 g/mol. The molecular weight excluding hydrogens is 445 g/mol. The molecule has 3 fully saturated rings. The predicted octanol–water partition coefficient (Wildman–Crippen LogP) is 4.29. The van der Waals surface area contributed by atoms with Gasteiger partial charge in [0, 0.05) is 48.0 Å². The average molecular weight is 474 g/mol. The molecular formula is C26H28FN7O. The van der Waals surface area contributed by atoms with Gasteiger partial charge in [-0.1, -0.05) is 0 Å². The summed E-state index contributed by atoms with van der Waals surface area (Å²) in [5.74, 6) is 0.198. The van der Waals surface area contributed by atoms with Crippen LogP contribution in [0.25, 0.3) is 33.4 Å². The van der Waals surface area contributed by atoms with Crippen molar-refractivity contribution in [3.8, 4) is 22.5 Å². The van der Waals surface area contributed by atoms with Gasteiger partial charge in [-0.3, -0.25) is 24.5 Å². The topological polar surface area (TPSA) is 91.7 Å². The van der Waals surface area contributed by atoms with Gasteiger partial charge in [-0.25, -0.2) is 4.39 Å². The van der Waals surface area contributed by atoms with E-state index in [4.69, 9.17) is 0 Å². The molecule has 2 bridgehead atoms. The van der Waals surface area contributed by atoms with E-state index in [-0.39, 0.29) is 5.91 Å². The lowest BCUT2D eigenvalue weighted by Crippen LogP contribution is -2.50. The SMILES string of the molecule is Cc1cc(NC(=O)CN2C[C@H]3CC[C@@H]2CC3)cc(F)c1-c1cc2c(-c3cnn(C)c3)n[nH]c2cn1. The van der Waals surface area contributed by atoms with Gasteiger partial charge in [0.25, 0.3) is 0 Å². The summed E-state index contributed by atoms with van der Waals surface area (Å²) in [5.41, 5.74) is 4.48. The summed E-state index contributed by atoms with van der Waals surface area (Å²) in [4.78, 5) is 19.5.